The highest BCUT2D eigenvalue weighted by Gasteiger charge is 2.37. The number of amides is 1. The predicted octanol–water partition coefficient (Wildman–Crippen LogP) is 7.14. The van der Waals surface area contributed by atoms with Crippen LogP contribution in [0, 0.1) is 5.92 Å². The highest BCUT2D eigenvalue weighted by Crippen LogP contribution is 2.44. The first kappa shape index (κ1) is 27.0. The van der Waals surface area contributed by atoms with Crippen LogP contribution in [0.4, 0.5) is 5.69 Å². The summed E-state index contributed by atoms with van der Waals surface area (Å²) in [5.41, 5.74) is 2.15. The van der Waals surface area contributed by atoms with E-state index in [4.69, 9.17) is 34.8 Å². The Morgan fingerprint density at radius 3 is 2.42 bits per heavy atom. The molecule has 190 valence electrons. The van der Waals surface area contributed by atoms with Crippen molar-refractivity contribution in [2.75, 3.05) is 5.32 Å². The average molecular weight is 567 g/mol. The van der Waals surface area contributed by atoms with Gasteiger partial charge in [0, 0.05) is 10.7 Å². The van der Waals surface area contributed by atoms with Crippen molar-refractivity contribution in [3.05, 3.63) is 92.4 Å². The quantitative estimate of drug-likeness (QED) is 0.318. The number of halogens is 3. The van der Waals surface area contributed by atoms with E-state index in [0.29, 0.717) is 42.0 Å². The van der Waals surface area contributed by atoms with E-state index in [2.05, 4.69) is 5.32 Å². The van der Waals surface area contributed by atoms with Crippen molar-refractivity contribution in [1.82, 2.24) is 0 Å². The largest absolute Gasteiger partial charge is 0.393 e. The molecule has 5 nitrogen and oxygen atoms in total. The third kappa shape index (κ3) is 5.90. The molecule has 36 heavy (non-hydrogen) atoms. The second-order valence-corrected chi connectivity index (χ2v) is 12.6. The molecule has 0 saturated carbocycles. The van der Waals surface area contributed by atoms with Crippen molar-refractivity contribution < 1.29 is 18.3 Å². The second-order valence-electron chi connectivity index (χ2n) is 9.19. The van der Waals surface area contributed by atoms with Crippen LogP contribution in [-0.4, -0.2) is 25.5 Å². The minimum atomic E-state index is -3.78. The number of anilines is 1. The molecule has 1 unspecified atom stereocenters. The molecule has 0 radical (unpaired) electrons. The molecular weight excluding hydrogens is 541 g/mol. The van der Waals surface area contributed by atoms with Crippen molar-refractivity contribution in [2.24, 2.45) is 5.92 Å². The summed E-state index contributed by atoms with van der Waals surface area (Å²) in [4.78, 5) is 13.1. The maximum Gasteiger partial charge on any atom is 0.258 e. The Balaban J connectivity index is 1.71. The minimum Gasteiger partial charge on any atom is -0.393 e. The van der Waals surface area contributed by atoms with Gasteiger partial charge in [-0.15, -0.1) is 0 Å². The maximum absolute atomic E-state index is 13.8. The Bertz CT molecular complexity index is 1370. The van der Waals surface area contributed by atoms with Gasteiger partial charge in [0.05, 0.1) is 31.9 Å². The van der Waals surface area contributed by atoms with Gasteiger partial charge in [-0.1, -0.05) is 53.0 Å². The molecule has 0 heterocycles. The van der Waals surface area contributed by atoms with Gasteiger partial charge in [0.25, 0.3) is 5.91 Å². The number of aliphatic hydroxyl groups excluding tert-OH is 1. The van der Waals surface area contributed by atoms with Crippen molar-refractivity contribution in [1.29, 1.82) is 0 Å². The van der Waals surface area contributed by atoms with Gasteiger partial charge >= 0.3 is 0 Å². The first-order chi connectivity index (χ1) is 17.1. The van der Waals surface area contributed by atoms with Gasteiger partial charge in [-0.05, 0) is 92.1 Å². The fourth-order valence-corrected chi connectivity index (χ4v) is 7.48. The number of rotatable bonds is 7. The summed E-state index contributed by atoms with van der Waals surface area (Å²) in [5, 5.41) is 12.5. The lowest BCUT2D eigenvalue weighted by molar-refractivity contribution is 0.102. The highest BCUT2D eigenvalue weighted by molar-refractivity contribution is 7.91. The Labute approximate surface area is 226 Å². The number of nitrogens with one attached hydrogen (secondary N) is 1. The smallest absolute Gasteiger partial charge is 0.258 e. The van der Waals surface area contributed by atoms with Crippen LogP contribution in [0.2, 0.25) is 15.1 Å². The van der Waals surface area contributed by atoms with Gasteiger partial charge in [-0.3, -0.25) is 4.79 Å². The van der Waals surface area contributed by atoms with Crippen LogP contribution in [0.3, 0.4) is 0 Å². The molecule has 3 aromatic carbocycles. The SMILES string of the molecule is C[C@@H](O)CC[C@@H]1Cc2ccc(NC(=O)c3c(Cl)cccc3Cl)cc2C(S(=O)(=O)c2cccc(Cl)c2)C1. The molecule has 0 spiro atoms. The summed E-state index contributed by atoms with van der Waals surface area (Å²) >= 11 is 18.5. The van der Waals surface area contributed by atoms with Crippen LogP contribution in [0.5, 0.6) is 0 Å². The van der Waals surface area contributed by atoms with Gasteiger partial charge in [-0.25, -0.2) is 8.42 Å². The maximum atomic E-state index is 13.8. The molecule has 1 amide bonds. The second kappa shape index (κ2) is 11.1. The summed E-state index contributed by atoms with van der Waals surface area (Å²) in [5.74, 6) is -0.390. The van der Waals surface area contributed by atoms with Crippen LogP contribution in [-0.2, 0) is 16.3 Å². The van der Waals surface area contributed by atoms with Crippen LogP contribution >= 0.6 is 34.8 Å². The molecule has 0 aromatic heterocycles. The Morgan fingerprint density at radius 2 is 1.75 bits per heavy atom. The molecule has 1 aliphatic carbocycles. The third-order valence-corrected chi connectivity index (χ3v) is 9.46. The number of sulfone groups is 1. The Hall–Kier alpha value is -2.09. The summed E-state index contributed by atoms with van der Waals surface area (Å²) in [6.45, 7) is 1.73. The van der Waals surface area contributed by atoms with Crippen molar-refractivity contribution in [3.63, 3.8) is 0 Å². The van der Waals surface area contributed by atoms with E-state index in [9.17, 15) is 18.3 Å². The van der Waals surface area contributed by atoms with E-state index in [1.54, 1.807) is 55.5 Å². The zero-order chi connectivity index (χ0) is 26.0. The van der Waals surface area contributed by atoms with Crippen LogP contribution in [0.25, 0.3) is 0 Å². The number of aliphatic hydroxyl groups is 1. The van der Waals surface area contributed by atoms with E-state index in [1.165, 1.54) is 6.07 Å². The number of hydrogen-bond acceptors (Lipinski definition) is 4. The minimum absolute atomic E-state index is 0.0911. The zero-order valence-corrected chi connectivity index (χ0v) is 22.6. The number of hydrogen-bond donors (Lipinski definition) is 2. The molecule has 4 rings (SSSR count). The molecule has 3 atom stereocenters. The van der Waals surface area contributed by atoms with Gasteiger partial charge in [0.1, 0.15) is 0 Å². The van der Waals surface area contributed by atoms with Gasteiger partial charge < -0.3 is 10.4 Å². The monoisotopic (exact) mass is 565 g/mol. The lowest BCUT2D eigenvalue weighted by atomic mass is 9.80. The molecule has 3 aromatic rings. The van der Waals surface area contributed by atoms with Crippen molar-refractivity contribution in [2.45, 2.75) is 48.9 Å². The number of fused-ring (bicyclic) bond motifs is 1. The topological polar surface area (TPSA) is 83.5 Å². The standard InChI is InChI=1S/C27H26Cl3NO4S/c1-16(32)8-9-17-12-18-10-11-20(31-27(33)26-23(29)6-3-7-24(26)30)15-22(18)25(13-17)36(34,35)21-5-2-4-19(28)14-21/h2-7,10-11,14-17,25,32H,8-9,12-13H2,1H3,(H,31,33)/t16-,17-,25?/m1/s1. The molecule has 1 aliphatic rings. The van der Waals surface area contributed by atoms with Gasteiger partial charge in [0.2, 0.25) is 0 Å². The average Bonchev–Trinajstić information content (AvgIpc) is 2.82. The first-order valence-electron chi connectivity index (χ1n) is 11.6. The Kier molecular flexibility index (Phi) is 8.32. The van der Waals surface area contributed by atoms with Gasteiger partial charge in [0.15, 0.2) is 9.84 Å². The summed E-state index contributed by atoms with van der Waals surface area (Å²) in [7, 11) is -3.78. The molecule has 0 bridgehead atoms. The van der Waals surface area contributed by atoms with Crippen LogP contribution in [0.15, 0.2) is 65.6 Å². The van der Waals surface area contributed by atoms with E-state index in [-0.39, 0.29) is 26.4 Å². The fraction of sp³-hybridized carbons (Fsp3) is 0.296. The summed E-state index contributed by atoms with van der Waals surface area (Å²) < 4.78 is 27.6. The van der Waals surface area contributed by atoms with E-state index < -0.39 is 27.1 Å². The van der Waals surface area contributed by atoms with Gasteiger partial charge in [-0.2, -0.15) is 0 Å². The lowest BCUT2D eigenvalue weighted by Gasteiger charge is -2.32. The highest BCUT2D eigenvalue weighted by atomic mass is 35.5. The van der Waals surface area contributed by atoms with E-state index in [0.717, 1.165) is 5.56 Å². The van der Waals surface area contributed by atoms with Crippen molar-refractivity contribution in [3.8, 4) is 0 Å². The summed E-state index contributed by atoms with van der Waals surface area (Å²) in [6, 6.07) is 16.4. The van der Waals surface area contributed by atoms with E-state index in [1.807, 2.05) is 6.07 Å². The predicted molar refractivity (Wildman–Crippen MR) is 145 cm³/mol. The first-order valence-corrected chi connectivity index (χ1v) is 14.3. The molecule has 0 aliphatic heterocycles. The Morgan fingerprint density at radius 1 is 1.06 bits per heavy atom. The number of carbonyl (C=O) groups is 1. The molecule has 0 saturated heterocycles. The normalized spacial score (nSPS) is 18.4. The van der Waals surface area contributed by atoms with Crippen LogP contribution < -0.4 is 5.32 Å². The van der Waals surface area contributed by atoms with Crippen molar-refractivity contribution >= 4 is 56.2 Å². The molecule has 2 N–H and O–H groups in total. The molecule has 9 heteroatoms. The van der Waals surface area contributed by atoms with Crippen LogP contribution in [0.1, 0.15) is 52.9 Å². The molecular formula is C27H26Cl3NO4S. The third-order valence-electron chi connectivity index (χ3n) is 6.49. The lowest BCUT2D eigenvalue weighted by Crippen LogP contribution is -2.26. The fourth-order valence-electron chi connectivity index (χ4n) is 4.69. The zero-order valence-electron chi connectivity index (χ0n) is 19.5. The molecule has 0 fully saturated rings. The number of carbonyl (C=O) groups excluding carboxylic acids is 1. The van der Waals surface area contributed by atoms with E-state index >= 15 is 0 Å². The number of benzene rings is 3. The summed E-state index contributed by atoms with van der Waals surface area (Å²) in [6.07, 6.45) is 1.94.